The second kappa shape index (κ2) is 7.39. The first-order chi connectivity index (χ1) is 10.8. The molecule has 128 valence electrons. The van der Waals surface area contributed by atoms with Crippen LogP contribution in [0.5, 0.6) is 0 Å². The molecule has 0 bridgehead atoms. The highest BCUT2D eigenvalue weighted by atomic mass is 31.2. The van der Waals surface area contributed by atoms with E-state index in [1.54, 1.807) is 24.3 Å². The van der Waals surface area contributed by atoms with Crippen molar-refractivity contribution in [1.29, 1.82) is 0 Å². The Hall–Kier alpha value is -1.48. The number of aliphatic hydroxyl groups excluding tert-OH is 2. The molecule has 9 nitrogen and oxygen atoms in total. The number of ether oxygens (including phenoxy) is 1. The molecule has 1 aromatic rings. The lowest BCUT2D eigenvalue weighted by Gasteiger charge is -2.25. The second-order valence-corrected chi connectivity index (χ2v) is 6.34. The summed E-state index contributed by atoms with van der Waals surface area (Å²) < 4.78 is 20.2. The third kappa shape index (κ3) is 5.00. The van der Waals surface area contributed by atoms with Gasteiger partial charge in [0.05, 0.1) is 25.3 Å². The van der Waals surface area contributed by atoms with Crippen molar-refractivity contribution >= 4 is 13.9 Å². The van der Waals surface area contributed by atoms with Gasteiger partial charge in [-0.05, 0) is 5.56 Å². The quantitative estimate of drug-likeness (QED) is 0.539. The Labute approximate surface area is 132 Å². The van der Waals surface area contributed by atoms with Gasteiger partial charge in [0.25, 0.3) is 0 Å². The van der Waals surface area contributed by atoms with E-state index in [2.05, 4.69) is 4.52 Å². The number of aliphatic hydroxyl groups is 2. The van der Waals surface area contributed by atoms with Gasteiger partial charge >= 0.3 is 13.9 Å². The van der Waals surface area contributed by atoms with Crippen molar-refractivity contribution in [2.45, 2.75) is 24.9 Å². The van der Waals surface area contributed by atoms with E-state index in [0.717, 1.165) is 10.5 Å². The zero-order valence-corrected chi connectivity index (χ0v) is 13.0. The fourth-order valence-corrected chi connectivity index (χ4v) is 2.61. The fourth-order valence-electron chi connectivity index (χ4n) is 2.26. The lowest BCUT2D eigenvalue weighted by atomic mass is 10.1. The summed E-state index contributed by atoms with van der Waals surface area (Å²) in [5.41, 5.74) is 0.754. The van der Waals surface area contributed by atoms with Crippen molar-refractivity contribution in [2.24, 2.45) is 0 Å². The summed E-state index contributed by atoms with van der Waals surface area (Å²) in [6.07, 6.45) is -3.45. The number of β-amino-alcohol motifs (C(OH)–C–C–N with tert-alkyl or cyclic N) is 1. The average molecular weight is 347 g/mol. The van der Waals surface area contributed by atoms with Crippen LogP contribution < -0.4 is 0 Å². The van der Waals surface area contributed by atoms with E-state index in [4.69, 9.17) is 14.5 Å². The molecule has 23 heavy (non-hydrogen) atoms. The first kappa shape index (κ1) is 17.9. The molecule has 1 fully saturated rings. The number of carbonyl (C=O) groups is 1. The zero-order chi connectivity index (χ0) is 17.0. The number of rotatable bonds is 5. The van der Waals surface area contributed by atoms with Crippen molar-refractivity contribution in [3.05, 3.63) is 35.9 Å². The molecule has 3 atom stereocenters. The highest BCUT2D eigenvalue weighted by Gasteiger charge is 2.44. The van der Waals surface area contributed by atoms with Crippen LogP contribution in [0.25, 0.3) is 0 Å². The maximum Gasteiger partial charge on any atom is 0.469 e. The van der Waals surface area contributed by atoms with Gasteiger partial charge in [-0.25, -0.2) is 9.36 Å². The largest absolute Gasteiger partial charge is 0.469 e. The lowest BCUT2D eigenvalue weighted by Crippen LogP contribution is -2.43. The van der Waals surface area contributed by atoms with Crippen molar-refractivity contribution < 1.29 is 38.6 Å². The lowest BCUT2D eigenvalue weighted by molar-refractivity contribution is 0.0188. The molecule has 1 saturated heterocycles. The second-order valence-electron chi connectivity index (χ2n) is 5.10. The van der Waals surface area contributed by atoms with Gasteiger partial charge in [-0.15, -0.1) is 0 Å². The molecule has 0 aromatic heterocycles. The molecule has 0 radical (unpaired) electrons. The standard InChI is InChI=1S/C13H18NO8P/c15-11-6-14(10(12(11)16)8-22-23(18,19)20)13(17)21-7-9-4-2-1-3-5-9/h1-5,10-12,15-16H,6-8H2,(H2,18,19,20)/t10-,11+,12-/m1/s1. The molecule has 1 aromatic carbocycles. The van der Waals surface area contributed by atoms with Gasteiger partial charge < -0.3 is 24.7 Å². The smallest absolute Gasteiger partial charge is 0.445 e. The normalized spacial score (nSPS) is 24.7. The van der Waals surface area contributed by atoms with Crippen molar-refractivity contribution in [1.82, 2.24) is 4.90 Å². The van der Waals surface area contributed by atoms with Gasteiger partial charge in [0.15, 0.2) is 0 Å². The third-order valence-electron chi connectivity index (χ3n) is 3.43. The molecule has 4 N–H and O–H groups in total. The van der Waals surface area contributed by atoms with Crippen molar-refractivity contribution in [3.8, 4) is 0 Å². The average Bonchev–Trinajstić information content (AvgIpc) is 2.78. The maximum atomic E-state index is 12.1. The van der Waals surface area contributed by atoms with Crippen LogP contribution in [-0.2, 0) is 20.4 Å². The van der Waals surface area contributed by atoms with E-state index in [9.17, 15) is 19.6 Å². The van der Waals surface area contributed by atoms with Crippen LogP contribution in [0.2, 0.25) is 0 Å². The van der Waals surface area contributed by atoms with Gasteiger partial charge in [0.1, 0.15) is 12.7 Å². The van der Waals surface area contributed by atoms with Crippen LogP contribution >= 0.6 is 7.82 Å². The first-order valence-corrected chi connectivity index (χ1v) is 8.34. The molecular weight excluding hydrogens is 329 g/mol. The number of phosphoric ester groups is 1. The summed E-state index contributed by atoms with van der Waals surface area (Å²) in [4.78, 5) is 30.5. The predicted molar refractivity (Wildman–Crippen MR) is 77.1 cm³/mol. The SMILES string of the molecule is O=C(OCc1ccccc1)N1C[C@H](O)[C@H](O)[C@H]1COP(=O)(O)O. The van der Waals surface area contributed by atoms with E-state index in [0.29, 0.717) is 0 Å². The number of amides is 1. The Morgan fingerprint density at radius 3 is 2.52 bits per heavy atom. The summed E-state index contributed by atoms with van der Waals surface area (Å²) in [6, 6.07) is 7.78. The molecule has 0 unspecified atom stereocenters. The monoisotopic (exact) mass is 347 g/mol. The Morgan fingerprint density at radius 2 is 1.91 bits per heavy atom. The molecule has 1 aliphatic rings. The van der Waals surface area contributed by atoms with Crippen molar-refractivity contribution in [2.75, 3.05) is 13.2 Å². The Balaban J connectivity index is 1.97. The van der Waals surface area contributed by atoms with Crippen LogP contribution in [0.4, 0.5) is 4.79 Å². The molecule has 10 heteroatoms. The number of likely N-dealkylation sites (tertiary alicyclic amines) is 1. The molecule has 1 heterocycles. The Bertz CT molecular complexity index is 577. The van der Waals surface area contributed by atoms with E-state index in [1.165, 1.54) is 0 Å². The minimum Gasteiger partial charge on any atom is -0.445 e. The van der Waals surface area contributed by atoms with Gasteiger partial charge in [0.2, 0.25) is 0 Å². The van der Waals surface area contributed by atoms with Crippen molar-refractivity contribution in [3.63, 3.8) is 0 Å². The molecule has 0 aliphatic carbocycles. The maximum absolute atomic E-state index is 12.1. The van der Waals surface area contributed by atoms with E-state index >= 15 is 0 Å². The topological polar surface area (TPSA) is 137 Å². The summed E-state index contributed by atoms with van der Waals surface area (Å²) in [5, 5.41) is 19.5. The van der Waals surface area contributed by atoms with E-state index in [-0.39, 0.29) is 13.2 Å². The van der Waals surface area contributed by atoms with Gasteiger partial charge in [0, 0.05) is 0 Å². The van der Waals surface area contributed by atoms with Crippen LogP contribution in [0.3, 0.4) is 0 Å². The highest BCUT2D eigenvalue weighted by molar-refractivity contribution is 7.46. The van der Waals surface area contributed by atoms with Crippen LogP contribution in [0.1, 0.15) is 5.56 Å². The highest BCUT2D eigenvalue weighted by Crippen LogP contribution is 2.37. The van der Waals surface area contributed by atoms with Crippen LogP contribution in [0.15, 0.2) is 30.3 Å². The predicted octanol–water partition coefficient (Wildman–Crippen LogP) is -0.161. The molecule has 0 spiro atoms. The van der Waals surface area contributed by atoms with Gasteiger partial charge in [-0.1, -0.05) is 30.3 Å². The Morgan fingerprint density at radius 1 is 1.26 bits per heavy atom. The fraction of sp³-hybridized carbons (Fsp3) is 0.462. The van der Waals surface area contributed by atoms with E-state index in [1.807, 2.05) is 6.07 Å². The zero-order valence-electron chi connectivity index (χ0n) is 12.1. The molecule has 1 aliphatic heterocycles. The molecule has 1 amide bonds. The van der Waals surface area contributed by atoms with E-state index < -0.39 is 38.8 Å². The summed E-state index contributed by atoms with van der Waals surface area (Å²) in [6.45, 7) is -0.846. The summed E-state index contributed by atoms with van der Waals surface area (Å²) >= 11 is 0. The minimum atomic E-state index is -4.76. The molecule has 2 rings (SSSR count). The number of phosphoric acid groups is 1. The summed E-state index contributed by atoms with van der Waals surface area (Å²) in [5.74, 6) is 0. The minimum absolute atomic E-state index is 0.00552. The first-order valence-electron chi connectivity index (χ1n) is 6.81. The number of nitrogens with zero attached hydrogens (tertiary/aromatic N) is 1. The number of hydrogen-bond donors (Lipinski definition) is 4. The van der Waals surface area contributed by atoms with Crippen LogP contribution in [0, 0.1) is 0 Å². The van der Waals surface area contributed by atoms with Gasteiger partial charge in [-0.2, -0.15) is 0 Å². The molecular formula is C13H18NO8P. The summed E-state index contributed by atoms with van der Waals surface area (Å²) in [7, 11) is -4.76. The molecule has 0 saturated carbocycles. The van der Waals surface area contributed by atoms with Gasteiger partial charge in [-0.3, -0.25) is 9.42 Å². The Kier molecular flexibility index (Phi) is 5.74. The number of hydrogen-bond acceptors (Lipinski definition) is 6. The third-order valence-corrected chi connectivity index (χ3v) is 3.91. The number of benzene rings is 1. The van der Waals surface area contributed by atoms with Crippen LogP contribution in [-0.4, -0.2) is 62.4 Å². The number of carbonyl (C=O) groups excluding carboxylic acids is 1.